The van der Waals surface area contributed by atoms with Crippen molar-refractivity contribution in [2.45, 2.75) is 32.1 Å². The van der Waals surface area contributed by atoms with Gasteiger partial charge in [-0.05, 0) is 48.2 Å². The highest BCUT2D eigenvalue weighted by atomic mass is 19.1. The van der Waals surface area contributed by atoms with Gasteiger partial charge in [0.25, 0.3) is 0 Å². The van der Waals surface area contributed by atoms with Gasteiger partial charge in [0.05, 0.1) is 0 Å². The van der Waals surface area contributed by atoms with Gasteiger partial charge in [-0.1, -0.05) is 25.0 Å². The van der Waals surface area contributed by atoms with Gasteiger partial charge < -0.3 is 10.0 Å². The molecule has 0 saturated heterocycles. The SMILES string of the molecule is Cn1ccc(N(CCCCCCC(=O)O)c2cc(-c3ccc(F)cc3)ccn2)n1. The van der Waals surface area contributed by atoms with Crippen molar-refractivity contribution in [3.63, 3.8) is 0 Å². The topological polar surface area (TPSA) is 71.2 Å². The van der Waals surface area contributed by atoms with Gasteiger partial charge >= 0.3 is 5.97 Å². The van der Waals surface area contributed by atoms with Crippen LogP contribution in [-0.4, -0.2) is 32.4 Å². The number of pyridine rings is 1. The van der Waals surface area contributed by atoms with E-state index in [1.807, 2.05) is 31.4 Å². The lowest BCUT2D eigenvalue weighted by molar-refractivity contribution is -0.137. The van der Waals surface area contributed by atoms with Crippen LogP contribution in [0.2, 0.25) is 0 Å². The zero-order chi connectivity index (χ0) is 20.6. The minimum Gasteiger partial charge on any atom is -0.481 e. The molecule has 0 aliphatic rings. The Kier molecular flexibility index (Phi) is 6.94. The summed E-state index contributed by atoms with van der Waals surface area (Å²) in [6, 6.07) is 12.2. The molecule has 152 valence electrons. The van der Waals surface area contributed by atoms with Crippen molar-refractivity contribution in [1.29, 1.82) is 0 Å². The van der Waals surface area contributed by atoms with Gasteiger partial charge in [0.1, 0.15) is 11.6 Å². The second-order valence-electron chi connectivity index (χ2n) is 6.97. The maximum Gasteiger partial charge on any atom is 0.303 e. The van der Waals surface area contributed by atoms with E-state index in [4.69, 9.17) is 5.11 Å². The Bertz CT molecular complexity index is 940. The fourth-order valence-corrected chi connectivity index (χ4v) is 3.18. The summed E-state index contributed by atoms with van der Waals surface area (Å²) in [4.78, 5) is 17.2. The molecule has 0 aliphatic carbocycles. The first-order valence-electron chi connectivity index (χ1n) is 9.74. The number of hydrogen-bond acceptors (Lipinski definition) is 4. The number of halogens is 1. The van der Waals surface area contributed by atoms with Crippen LogP contribution in [0.15, 0.2) is 54.9 Å². The number of hydrogen-bond donors (Lipinski definition) is 1. The van der Waals surface area contributed by atoms with Crippen LogP contribution in [0.3, 0.4) is 0 Å². The summed E-state index contributed by atoms with van der Waals surface area (Å²) in [5, 5.41) is 13.3. The molecule has 0 radical (unpaired) electrons. The minimum absolute atomic E-state index is 0.214. The molecule has 1 N–H and O–H groups in total. The van der Waals surface area contributed by atoms with E-state index in [2.05, 4.69) is 15.0 Å². The molecular formula is C22H25FN4O2. The van der Waals surface area contributed by atoms with Gasteiger partial charge in [0.15, 0.2) is 5.82 Å². The van der Waals surface area contributed by atoms with E-state index < -0.39 is 5.97 Å². The predicted octanol–water partition coefficient (Wildman–Crippen LogP) is 4.79. The van der Waals surface area contributed by atoms with Gasteiger partial charge in [-0.25, -0.2) is 9.37 Å². The third-order valence-corrected chi connectivity index (χ3v) is 4.70. The quantitative estimate of drug-likeness (QED) is 0.499. The molecular weight excluding hydrogens is 371 g/mol. The summed E-state index contributed by atoms with van der Waals surface area (Å²) in [5.41, 5.74) is 1.88. The van der Waals surface area contributed by atoms with E-state index in [-0.39, 0.29) is 12.2 Å². The molecule has 2 heterocycles. The van der Waals surface area contributed by atoms with Crippen LogP contribution in [0.25, 0.3) is 11.1 Å². The molecule has 7 heteroatoms. The van der Waals surface area contributed by atoms with E-state index in [0.717, 1.165) is 48.6 Å². The molecule has 0 aliphatic heterocycles. The van der Waals surface area contributed by atoms with Crippen molar-refractivity contribution in [3.8, 4) is 11.1 Å². The standard InChI is InChI=1S/C22H25FN4O2/c1-26-15-12-20(25-26)27(14-5-3-2-4-6-22(28)29)21-16-18(11-13-24-21)17-7-9-19(23)10-8-17/h7-13,15-16H,2-6,14H2,1H3,(H,28,29). The molecule has 3 rings (SSSR count). The third-order valence-electron chi connectivity index (χ3n) is 4.70. The number of aliphatic carboxylic acids is 1. The first kappa shape index (κ1) is 20.5. The zero-order valence-electron chi connectivity index (χ0n) is 16.5. The van der Waals surface area contributed by atoms with Crippen molar-refractivity contribution in [3.05, 3.63) is 60.7 Å². The average Bonchev–Trinajstić information content (AvgIpc) is 3.14. The smallest absolute Gasteiger partial charge is 0.303 e. The Balaban J connectivity index is 1.74. The molecule has 0 fully saturated rings. The van der Waals surface area contributed by atoms with Crippen LogP contribution >= 0.6 is 0 Å². The number of benzene rings is 1. The summed E-state index contributed by atoms with van der Waals surface area (Å²) >= 11 is 0. The molecule has 0 spiro atoms. The maximum absolute atomic E-state index is 13.2. The van der Waals surface area contributed by atoms with Crippen molar-refractivity contribution < 1.29 is 14.3 Å². The molecule has 0 bridgehead atoms. The van der Waals surface area contributed by atoms with Crippen molar-refractivity contribution >= 4 is 17.6 Å². The van der Waals surface area contributed by atoms with Crippen LogP contribution in [-0.2, 0) is 11.8 Å². The summed E-state index contributed by atoms with van der Waals surface area (Å²) in [5.74, 6) is 0.570. The Morgan fingerprint density at radius 1 is 1.03 bits per heavy atom. The van der Waals surface area contributed by atoms with Gasteiger partial charge in [0.2, 0.25) is 0 Å². The number of nitrogens with zero attached hydrogens (tertiary/aromatic N) is 4. The Morgan fingerprint density at radius 2 is 1.79 bits per heavy atom. The number of carboxylic acids is 1. The van der Waals surface area contributed by atoms with Crippen LogP contribution in [0.5, 0.6) is 0 Å². The molecule has 3 aromatic rings. The lowest BCUT2D eigenvalue weighted by atomic mass is 10.1. The van der Waals surface area contributed by atoms with E-state index in [1.165, 1.54) is 12.1 Å². The molecule has 0 unspecified atom stereocenters. The first-order chi connectivity index (χ1) is 14.0. The van der Waals surface area contributed by atoms with Crippen molar-refractivity contribution in [2.75, 3.05) is 11.4 Å². The molecule has 2 aromatic heterocycles. The Morgan fingerprint density at radius 3 is 2.48 bits per heavy atom. The highest BCUT2D eigenvalue weighted by Gasteiger charge is 2.14. The predicted molar refractivity (Wildman–Crippen MR) is 111 cm³/mol. The van der Waals surface area contributed by atoms with Gasteiger partial charge in [-0.15, -0.1) is 0 Å². The summed E-state index contributed by atoms with van der Waals surface area (Å²) in [7, 11) is 1.87. The molecule has 1 aromatic carbocycles. The second kappa shape index (κ2) is 9.82. The third kappa shape index (κ3) is 5.88. The normalized spacial score (nSPS) is 10.8. The van der Waals surface area contributed by atoms with Gasteiger partial charge in [-0.2, -0.15) is 5.10 Å². The number of carboxylic acid groups (broad SMARTS) is 1. The van der Waals surface area contributed by atoms with E-state index in [0.29, 0.717) is 6.42 Å². The van der Waals surface area contributed by atoms with Crippen LogP contribution < -0.4 is 4.90 Å². The van der Waals surface area contributed by atoms with Crippen LogP contribution in [0, 0.1) is 5.82 Å². The number of aromatic nitrogens is 3. The largest absolute Gasteiger partial charge is 0.481 e. The lowest BCUT2D eigenvalue weighted by Crippen LogP contribution is -2.20. The van der Waals surface area contributed by atoms with E-state index >= 15 is 0 Å². The number of unbranched alkanes of at least 4 members (excludes halogenated alkanes) is 3. The maximum atomic E-state index is 13.2. The van der Waals surface area contributed by atoms with Crippen LogP contribution in [0.1, 0.15) is 32.1 Å². The van der Waals surface area contributed by atoms with Gasteiger partial charge in [0, 0.05) is 38.5 Å². The lowest BCUT2D eigenvalue weighted by Gasteiger charge is -2.22. The highest BCUT2D eigenvalue weighted by molar-refractivity contribution is 5.68. The fraction of sp³-hybridized carbons (Fsp3) is 0.318. The summed E-state index contributed by atoms with van der Waals surface area (Å²) in [6.07, 6.45) is 7.26. The van der Waals surface area contributed by atoms with E-state index in [9.17, 15) is 9.18 Å². The summed E-state index contributed by atoms with van der Waals surface area (Å²) < 4.78 is 15.0. The molecule has 29 heavy (non-hydrogen) atoms. The Hall–Kier alpha value is -3.22. The number of carbonyl (C=O) groups is 1. The van der Waals surface area contributed by atoms with Crippen molar-refractivity contribution in [1.82, 2.24) is 14.8 Å². The molecule has 6 nitrogen and oxygen atoms in total. The molecule has 0 amide bonds. The van der Waals surface area contributed by atoms with E-state index in [1.54, 1.807) is 23.0 Å². The average molecular weight is 396 g/mol. The highest BCUT2D eigenvalue weighted by Crippen LogP contribution is 2.27. The minimum atomic E-state index is -0.748. The molecule has 0 saturated carbocycles. The van der Waals surface area contributed by atoms with Gasteiger partial charge in [-0.3, -0.25) is 9.48 Å². The first-order valence-corrected chi connectivity index (χ1v) is 9.74. The van der Waals surface area contributed by atoms with Crippen molar-refractivity contribution in [2.24, 2.45) is 7.05 Å². The Labute approximate surface area is 169 Å². The van der Waals surface area contributed by atoms with Crippen LogP contribution in [0.4, 0.5) is 16.0 Å². The number of rotatable bonds is 10. The monoisotopic (exact) mass is 396 g/mol. The number of anilines is 2. The zero-order valence-corrected chi connectivity index (χ0v) is 16.5. The summed E-state index contributed by atoms with van der Waals surface area (Å²) in [6.45, 7) is 0.726. The second-order valence-corrected chi connectivity index (χ2v) is 6.97. The fourth-order valence-electron chi connectivity index (χ4n) is 3.18. The molecule has 0 atom stereocenters. The number of aryl methyl sites for hydroxylation is 1.